The van der Waals surface area contributed by atoms with Crippen molar-refractivity contribution in [3.8, 4) is 0 Å². The summed E-state index contributed by atoms with van der Waals surface area (Å²) in [7, 11) is 0. The van der Waals surface area contributed by atoms with Gasteiger partial charge in [0.15, 0.2) is 5.65 Å². The summed E-state index contributed by atoms with van der Waals surface area (Å²) in [5.74, 6) is 1.40. The van der Waals surface area contributed by atoms with Crippen LogP contribution in [0.5, 0.6) is 0 Å². The van der Waals surface area contributed by atoms with Crippen LogP contribution in [-0.2, 0) is 4.74 Å². The Balaban J connectivity index is 1.05. The Morgan fingerprint density at radius 2 is 1.95 bits per heavy atom. The number of rotatable bonds is 7. The van der Waals surface area contributed by atoms with E-state index in [4.69, 9.17) is 4.74 Å². The lowest BCUT2D eigenvalue weighted by atomic mass is 9.89. The fraction of sp³-hybridized carbons (Fsp3) is 0.357. The molecule has 0 aliphatic carbocycles. The van der Waals surface area contributed by atoms with Crippen LogP contribution in [0.1, 0.15) is 42.4 Å². The maximum atomic E-state index is 12.7. The molecule has 2 aliphatic heterocycles. The summed E-state index contributed by atoms with van der Waals surface area (Å²) < 4.78 is 6.07. The minimum atomic E-state index is -0.128. The zero-order chi connectivity index (χ0) is 25.0. The lowest BCUT2D eigenvalue weighted by molar-refractivity contribution is -0.0269. The van der Waals surface area contributed by atoms with Gasteiger partial charge in [0.1, 0.15) is 12.1 Å². The largest absolute Gasteiger partial charge is 0.373 e. The lowest BCUT2D eigenvalue weighted by Gasteiger charge is -2.32. The van der Waals surface area contributed by atoms with Crippen LogP contribution < -0.4 is 15.5 Å². The van der Waals surface area contributed by atoms with E-state index < -0.39 is 0 Å². The van der Waals surface area contributed by atoms with Crippen molar-refractivity contribution in [3.05, 3.63) is 78.2 Å². The molecule has 6 rings (SSSR count). The van der Waals surface area contributed by atoms with Crippen molar-refractivity contribution in [1.82, 2.24) is 30.8 Å². The van der Waals surface area contributed by atoms with E-state index in [1.165, 1.54) is 11.1 Å². The number of anilines is 2. The number of carbonyl (C=O) groups is 1. The van der Waals surface area contributed by atoms with Gasteiger partial charge in [0.05, 0.1) is 17.7 Å². The minimum absolute atomic E-state index is 0.0275. The number of nitrogens with zero attached hydrogens (tertiary/aromatic N) is 4. The third-order valence-electron chi connectivity index (χ3n) is 7.43. The summed E-state index contributed by atoms with van der Waals surface area (Å²) in [5.41, 5.74) is 4.31. The van der Waals surface area contributed by atoms with Gasteiger partial charge in [-0.15, -0.1) is 0 Å². The first-order valence-corrected chi connectivity index (χ1v) is 13.0. The van der Waals surface area contributed by atoms with E-state index in [1.807, 2.05) is 24.3 Å². The number of H-pyrrole nitrogens is 1. The SMILES string of the molecule is O=C(NCCC1CN(c2ncnc3[nH]ncc23)c2ccccc21)NCC1CCCOC1c1ccccc1. The molecule has 4 aromatic rings. The fourth-order valence-corrected chi connectivity index (χ4v) is 5.62. The van der Waals surface area contributed by atoms with Gasteiger partial charge in [-0.05, 0) is 36.5 Å². The first-order valence-electron chi connectivity index (χ1n) is 13.0. The van der Waals surface area contributed by atoms with E-state index in [0.717, 1.165) is 55.0 Å². The number of para-hydroxylation sites is 1. The number of fused-ring (bicyclic) bond motifs is 2. The molecule has 1 fully saturated rings. The molecule has 4 heterocycles. The van der Waals surface area contributed by atoms with Crippen molar-refractivity contribution in [3.63, 3.8) is 0 Å². The molecule has 0 spiro atoms. The summed E-state index contributed by atoms with van der Waals surface area (Å²) >= 11 is 0. The first kappa shape index (κ1) is 23.4. The number of aromatic amines is 1. The Morgan fingerprint density at radius 3 is 2.86 bits per heavy atom. The second-order valence-corrected chi connectivity index (χ2v) is 9.73. The van der Waals surface area contributed by atoms with Crippen molar-refractivity contribution >= 4 is 28.6 Å². The van der Waals surface area contributed by atoms with Crippen LogP contribution in [0.15, 0.2) is 67.1 Å². The van der Waals surface area contributed by atoms with Crippen LogP contribution in [0.25, 0.3) is 11.0 Å². The Morgan fingerprint density at radius 1 is 1.08 bits per heavy atom. The highest BCUT2D eigenvalue weighted by atomic mass is 16.5. The number of urea groups is 1. The average molecular weight is 498 g/mol. The van der Waals surface area contributed by atoms with Crippen LogP contribution in [0.4, 0.5) is 16.3 Å². The number of benzene rings is 2. The van der Waals surface area contributed by atoms with Gasteiger partial charge in [-0.1, -0.05) is 48.5 Å². The highest BCUT2D eigenvalue weighted by Crippen LogP contribution is 2.42. The quantitative estimate of drug-likeness (QED) is 0.348. The van der Waals surface area contributed by atoms with Crippen LogP contribution in [0.2, 0.25) is 0 Å². The summed E-state index contributed by atoms with van der Waals surface area (Å²) in [6.07, 6.45) is 6.26. The first-order chi connectivity index (χ1) is 18.3. The van der Waals surface area contributed by atoms with Crippen molar-refractivity contribution < 1.29 is 9.53 Å². The summed E-state index contributed by atoms with van der Waals surface area (Å²) in [5, 5.41) is 14.1. The molecule has 9 heteroatoms. The molecule has 9 nitrogen and oxygen atoms in total. The molecule has 0 saturated carbocycles. The van der Waals surface area contributed by atoms with Crippen LogP contribution in [0, 0.1) is 5.92 Å². The molecule has 0 bridgehead atoms. The predicted molar refractivity (Wildman–Crippen MR) is 142 cm³/mol. The maximum Gasteiger partial charge on any atom is 0.314 e. The number of carbonyl (C=O) groups excluding carboxylic acids is 1. The predicted octanol–water partition coefficient (Wildman–Crippen LogP) is 4.45. The number of ether oxygens (including phenoxy) is 1. The van der Waals surface area contributed by atoms with E-state index in [2.05, 4.69) is 66.0 Å². The fourth-order valence-electron chi connectivity index (χ4n) is 5.62. The molecule has 3 N–H and O–H groups in total. The summed E-state index contributed by atoms with van der Waals surface area (Å²) in [4.78, 5) is 23.7. The van der Waals surface area contributed by atoms with E-state index in [-0.39, 0.29) is 24.0 Å². The molecule has 37 heavy (non-hydrogen) atoms. The Labute approximate surface area is 215 Å². The van der Waals surface area contributed by atoms with E-state index >= 15 is 0 Å². The van der Waals surface area contributed by atoms with Crippen LogP contribution in [0.3, 0.4) is 0 Å². The molecule has 2 aromatic carbocycles. The Kier molecular flexibility index (Phi) is 6.68. The van der Waals surface area contributed by atoms with Crippen molar-refractivity contribution in [2.75, 3.05) is 31.1 Å². The number of nitrogens with one attached hydrogen (secondary N) is 3. The summed E-state index contributed by atoms with van der Waals surface area (Å²) in [6.45, 7) is 2.74. The summed E-state index contributed by atoms with van der Waals surface area (Å²) in [6, 6.07) is 18.6. The van der Waals surface area contributed by atoms with E-state index in [9.17, 15) is 4.79 Å². The normalized spacial score (nSPS) is 21.1. The van der Waals surface area contributed by atoms with Gasteiger partial charge in [0.2, 0.25) is 0 Å². The molecule has 3 unspecified atom stereocenters. The highest BCUT2D eigenvalue weighted by Gasteiger charge is 2.31. The maximum absolute atomic E-state index is 12.7. The smallest absolute Gasteiger partial charge is 0.314 e. The lowest BCUT2D eigenvalue weighted by Crippen LogP contribution is -2.41. The standard InChI is InChI=1S/C28H31N7O2/c36-28(30-15-20-9-6-14-37-25(20)19-7-2-1-3-8-19)29-13-12-21-17-35(24-11-5-4-10-22(21)24)27-23-16-33-34-26(23)31-18-32-27/h1-5,7-8,10-11,16,18,20-21,25H,6,9,12-15,17H2,(H2,29,30,36)(H,31,32,33,34). The monoisotopic (exact) mass is 497 g/mol. The molecule has 0 radical (unpaired) electrons. The van der Waals surface area contributed by atoms with Gasteiger partial charge < -0.3 is 20.3 Å². The van der Waals surface area contributed by atoms with Crippen molar-refractivity contribution in [2.24, 2.45) is 5.92 Å². The number of amides is 2. The minimum Gasteiger partial charge on any atom is -0.373 e. The topological polar surface area (TPSA) is 108 Å². The van der Waals surface area contributed by atoms with Gasteiger partial charge in [0.25, 0.3) is 0 Å². The molecule has 2 amide bonds. The third-order valence-corrected chi connectivity index (χ3v) is 7.43. The number of hydrogen-bond donors (Lipinski definition) is 3. The van der Waals surface area contributed by atoms with Gasteiger partial charge in [-0.25, -0.2) is 14.8 Å². The molecular weight excluding hydrogens is 466 g/mol. The van der Waals surface area contributed by atoms with E-state index in [0.29, 0.717) is 13.1 Å². The van der Waals surface area contributed by atoms with Gasteiger partial charge in [-0.2, -0.15) is 5.10 Å². The van der Waals surface area contributed by atoms with Gasteiger partial charge in [0, 0.05) is 43.8 Å². The average Bonchev–Trinajstić information content (AvgIpc) is 3.58. The zero-order valence-corrected chi connectivity index (χ0v) is 20.6. The Hall–Kier alpha value is -3.98. The van der Waals surface area contributed by atoms with Gasteiger partial charge >= 0.3 is 6.03 Å². The van der Waals surface area contributed by atoms with Crippen LogP contribution in [-0.4, -0.2) is 52.4 Å². The van der Waals surface area contributed by atoms with Gasteiger partial charge in [-0.3, -0.25) is 5.10 Å². The molecule has 3 atom stereocenters. The second-order valence-electron chi connectivity index (χ2n) is 9.73. The highest BCUT2D eigenvalue weighted by molar-refractivity contribution is 5.90. The molecule has 1 saturated heterocycles. The van der Waals surface area contributed by atoms with Crippen LogP contribution >= 0.6 is 0 Å². The van der Waals surface area contributed by atoms with Crippen molar-refractivity contribution in [2.45, 2.75) is 31.3 Å². The van der Waals surface area contributed by atoms with Crippen molar-refractivity contribution in [1.29, 1.82) is 0 Å². The second kappa shape index (κ2) is 10.6. The Bertz CT molecular complexity index is 1360. The third kappa shape index (κ3) is 4.86. The number of hydrogen-bond acceptors (Lipinski definition) is 6. The van der Waals surface area contributed by atoms with E-state index in [1.54, 1.807) is 12.5 Å². The zero-order valence-electron chi connectivity index (χ0n) is 20.6. The molecule has 190 valence electrons. The molecular formula is C28H31N7O2. The molecule has 2 aromatic heterocycles. The number of aromatic nitrogens is 4. The molecule has 2 aliphatic rings.